The zero-order valence-electron chi connectivity index (χ0n) is 10.7. The van der Waals surface area contributed by atoms with Crippen molar-refractivity contribution >= 4 is 23.2 Å². The van der Waals surface area contributed by atoms with E-state index in [-0.39, 0.29) is 22.8 Å². The van der Waals surface area contributed by atoms with Crippen LogP contribution in [0.15, 0.2) is 30.6 Å². The largest absolute Gasteiger partial charge is 0.462 e. The van der Waals surface area contributed by atoms with Crippen molar-refractivity contribution in [1.82, 2.24) is 9.78 Å². The molecule has 5 nitrogen and oxygen atoms in total. The number of carbonyl (C=O) groups excluding carboxylic acids is 1. The average molecular weight is 293 g/mol. The van der Waals surface area contributed by atoms with Crippen LogP contribution in [-0.2, 0) is 4.74 Å². The van der Waals surface area contributed by atoms with Gasteiger partial charge in [-0.1, -0.05) is 12.2 Å². The van der Waals surface area contributed by atoms with E-state index in [1.165, 1.54) is 29.2 Å². The van der Waals surface area contributed by atoms with Gasteiger partial charge < -0.3 is 10.5 Å². The van der Waals surface area contributed by atoms with E-state index in [4.69, 9.17) is 22.7 Å². The Kier molecular flexibility index (Phi) is 4.09. The third kappa shape index (κ3) is 2.83. The molecule has 1 aromatic carbocycles. The Morgan fingerprint density at radius 2 is 2.25 bits per heavy atom. The van der Waals surface area contributed by atoms with Crippen molar-refractivity contribution in [2.45, 2.75) is 6.92 Å². The predicted molar refractivity (Wildman–Crippen MR) is 75.4 cm³/mol. The van der Waals surface area contributed by atoms with Crippen LogP contribution in [-0.4, -0.2) is 27.3 Å². The normalized spacial score (nSPS) is 10.3. The highest BCUT2D eigenvalue weighted by molar-refractivity contribution is 7.80. The lowest BCUT2D eigenvalue weighted by Crippen LogP contribution is -2.10. The zero-order valence-corrected chi connectivity index (χ0v) is 11.5. The summed E-state index contributed by atoms with van der Waals surface area (Å²) in [5, 5.41) is 3.94. The third-order valence-electron chi connectivity index (χ3n) is 2.57. The summed E-state index contributed by atoms with van der Waals surface area (Å²) in [6.07, 6.45) is 2.72. The molecule has 0 aliphatic carbocycles. The summed E-state index contributed by atoms with van der Waals surface area (Å²) in [5.74, 6) is -1.03. The molecule has 0 atom stereocenters. The first-order valence-electron chi connectivity index (χ1n) is 5.84. The number of hydrogen-bond donors (Lipinski definition) is 1. The van der Waals surface area contributed by atoms with Crippen molar-refractivity contribution in [3.05, 3.63) is 47.5 Å². The van der Waals surface area contributed by atoms with Gasteiger partial charge in [-0.25, -0.2) is 13.9 Å². The van der Waals surface area contributed by atoms with Crippen molar-refractivity contribution < 1.29 is 13.9 Å². The minimum atomic E-state index is -0.534. The van der Waals surface area contributed by atoms with E-state index in [9.17, 15) is 9.18 Å². The highest BCUT2D eigenvalue weighted by atomic mass is 32.1. The van der Waals surface area contributed by atoms with Crippen molar-refractivity contribution in [1.29, 1.82) is 0 Å². The summed E-state index contributed by atoms with van der Waals surface area (Å²) < 4.78 is 20.1. The molecular weight excluding hydrogens is 281 g/mol. The highest BCUT2D eigenvalue weighted by Gasteiger charge is 2.13. The van der Waals surface area contributed by atoms with Gasteiger partial charge in [0.25, 0.3) is 0 Å². The van der Waals surface area contributed by atoms with Crippen molar-refractivity contribution in [3.63, 3.8) is 0 Å². The number of esters is 1. The number of halogens is 1. The topological polar surface area (TPSA) is 70.1 Å². The summed E-state index contributed by atoms with van der Waals surface area (Å²) >= 11 is 4.78. The molecule has 0 aliphatic heterocycles. The molecule has 2 N–H and O–H groups in total. The highest BCUT2D eigenvalue weighted by Crippen LogP contribution is 2.15. The predicted octanol–water partition coefficient (Wildman–Crippen LogP) is 1.82. The fourth-order valence-corrected chi connectivity index (χ4v) is 1.75. The lowest BCUT2D eigenvalue weighted by molar-refractivity contribution is 0.0526. The first-order chi connectivity index (χ1) is 9.52. The number of rotatable bonds is 4. The Bertz CT molecular complexity index is 669. The van der Waals surface area contributed by atoms with Gasteiger partial charge in [-0.2, -0.15) is 5.10 Å². The van der Waals surface area contributed by atoms with Gasteiger partial charge in [0.1, 0.15) is 16.5 Å². The van der Waals surface area contributed by atoms with E-state index in [2.05, 4.69) is 5.10 Å². The van der Waals surface area contributed by atoms with E-state index < -0.39 is 11.8 Å². The van der Waals surface area contributed by atoms with Gasteiger partial charge in [0.05, 0.1) is 18.4 Å². The first-order valence-corrected chi connectivity index (χ1v) is 6.25. The number of nitrogens with two attached hydrogens (primary N) is 1. The molecule has 1 heterocycles. The van der Waals surface area contributed by atoms with Gasteiger partial charge in [-0.05, 0) is 25.1 Å². The van der Waals surface area contributed by atoms with Crippen LogP contribution in [0, 0.1) is 5.82 Å². The molecule has 1 aromatic heterocycles. The van der Waals surface area contributed by atoms with Crippen LogP contribution in [0.25, 0.3) is 5.69 Å². The summed E-state index contributed by atoms with van der Waals surface area (Å²) in [6.45, 7) is 1.97. The van der Waals surface area contributed by atoms with Crippen molar-refractivity contribution in [2.24, 2.45) is 5.73 Å². The SMILES string of the molecule is CCOC(=O)c1cnn(-c2ccc(C(N)=S)cc2F)c1. The summed E-state index contributed by atoms with van der Waals surface area (Å²) in [6, 6.07) is 4.31. The Hall–Kier alpha value is -2.28. The number of benzene rings is 1. The van der Waals surface area contributed by atoms with Crippen LogP contribution < -0.4 is 5.73 Å². The fraction of sp³-hybridized carbons (Fsp3) is 0.154. The van der Waals surface area contributed by atoms with E-state index >= 15 is 0 Å². The third-order valence-corrected chi connectivity index (χ3v) is 2.81. The zero-order chi connectivity index (χ0) is 14.7. The lowest BCUT2D eigenvalue weighted by atomic mass is 10.2. The van der Waals surface area contributed by atoms with Crippen LogP contribution in [0.4, 0.5) is 4.39 Å². The van der Waals surface area contributed by atoms with Crippen LogP contribution in [0.5, 0.6) is 0 Å². The molecule has 2 rings (SSSR count). The lowest BCUT2D eigenvalue weighted by Gasteiger charge is -2.05. The van der Waals surface area contributed by atoms with E-state index in [0.29, 0.717) is 5.56 Å². The van der Waals surface area contributed by atoms with Crippen LogP contribution in [0.2, 0.25) is 0 Å². The maximum atomic E-state index is 14.0. The number of hydrogen-bond acceptors (Lipinski definition) is 4. The summed E-state index contributed by atoms with van der Waals surface area (Å²) in [5.41, 5.74) is 6.31. The Labute approximate surface area is 120 Å². The quantitative estimate of drug-likeness (QED) is 0.688. The molecule has 0 saturated heterocycles. The molecule has 2 aromatic rings. The van der Waals surface area contributed by atoms with Gasteiger partial charge >= 0.3 is 5.97 Å². The molecule has 7 heteroatoms. The number of aromatic nitrogens is 2. The van der Waals surface area contributed by atoms with Gasteiger partial charge in [0.15, 0.2) is 0 Å². The Morgan fingerprint density at radius 1 is 1.50 bits per heavy atom. The van der Waals surface area contributed by atoms with Gasteiger partial charge in [0.2, 0.25) is 0 Å². The van der Waals surface area contributed by atoms with E-state index in [1.54, 1.807) is 13.0 Å². The smallest absolute Gasteiger partial charge is 0.341 e. The summed E-state index contributed by atoms with van der Waals surface area (Å²) in [4.78, 5) is 11.6. The van der Waals surface area contributed by atoms with Crippen LogP contribution >= 0.6 is 12.2 Å². The second-order valence-corrected chi connectivity index (χ2v) is 4.36. The number of nitrogens with zero attached hydrogens (tertiary/aromatic N) is 2. The minimum Gasteiger partial charge on any atom is -0.462 e. The van der Waals surface area contributed by atoms with Gasteiger partial charge in [-0.15, -0.1) is 0 Å². The Balaban J connectivity index is 2.33. The molecule has 0 bridgehead atoms. The second-order valence-electron chi connectivity index (χ2n) is 3.92. The van der Waals surface area contributed by atoms with E-state index in [0.717, 1.165) is 0 Å². The standard InChI is InChI=1S/C13H12FN3O2S/c1-2-19-13(18)9-6-16-17(7-9)11-4-3-8(12(15)20)5-10(11)14/h3-7H,2H2,1H3,(H2,15,20). The molecule has 0 spiro atoms. The van der Waals surface area contributed by atoms with Crippen LogP contribution in [0.1, 0.15) is 22.8 Å². The fourth-order valence-electron chi connectivity index (χ4n) is 1.62. The summed E-state index contributed by atoms with van der Waals surface area (Å²) in [7, 11) is 0. The maximum Gasteiger partial charge on any atom is 0.341 e. The molecule has 0 aliphatic rings. The monoisotopic (exact) mass is 293 g/mol. The molecule has 0 radical (unpaired) electrons. The van der Waals surface area contributed by atoms with E-state index in [1.807, 2.05) is 0 Å². The molecule has 0 fully saturated rings. The molecule has 0 unspecified atom stereocenters. The van der Waals surface area contributed by atoms with Gasteiger partial charge in [-0.3, -0.25) is 0 Å². The molecule has 0 saturated carbocycles. The number of thiocarbonyl (C=S) groups is 1. The van der Waals surface area contributed by atoms with Gasteiger partial charge in [0, 0.05) is 11.8 Å². The molecule has 0 amide bonds. The Morgan fingerprint density at radius 3 is 2.85 bits per heavy atom. The minimum absolute atomic E-state index is 0.114. The average Bonchev–Trinajstić information content (AvgIpc) is 2.88. The maximum absolute atomic E-state index is 14.0. The first kappa shape index (κ1) is 14.1. The molecule has 20 heavy (non-hydrogen) atoms. The number of ether oxygens (including phenoxy) is 1. The number of carbonyl (C=O) groups is 1. The van der Waals surface area contributed by atoms with Crippen molar-refractivity contribution in [2.75, 3.05) is 6.61 Å². The molecule has 104 valence electrons. The molecular formula is C13H12FN3O2S. The van der Waals surface area contributed by atoms with Crippen LogP contribution in [0.3, 0.4) is 0 Å². The second kappa shape index (κ2) is 5.79. The van der Waals surface area contributed by atoms with Crippen molar-refractivity contribution in [3.8, 4) is 5.69 Å².